The summed E-state index contributed by atoms with van der Waals surface area (Å²) in [6.07, 6.45) is 5.90. The standard InChI is InChI=1S/C27H35N5O2/c1-17(2)24-21-11-18(19-7-6-10-31(13-19)15-27(3,4)33)8-9-22(21)30-25(24)20-12-23(34-5)26-28-16-29-32(26)14-20/h8-9,11-12,14,16-17,19,30,33H,6-7,10,13,15H2,1-5H3. The molecule has 1 saturated heterocycles. The van der Waals surface area contributed by atoms with Crippen molar-refractivity contribution in [3.8, 4) is 17.0 Å². The monoisotopic (exact) mass is 461 g/mol. The Morgan fingerprint density at radius 2 is 2.09 bits per heavy atom. The fraction of sp³-hybridized carbons (Fsp3) is 0.481. The van der Waals surface area contributed by atoms with Gasteiger partial charge in [-0.15, -0.1) is 0 Å². The van der Waals surface area contributed by atoms with Gasteiger partial charge in [0.1, 0.15) is 6.33 Å². The summed E-state index contributed by atoms with van der Waals surface area (Å²) in [5, 5.41) is 15.9. The molecule has 0 spiro atoms. The van der Waals surface area contributed by atoms with E-state index in [-0.39, 0.29) is 0 Å². The number of H-pyrrole nitrogens is 1. The van der Waals surface area contributed by atoms with Crippen molar-refractivity contribution in [2.75, 3.05) is 26.7 Å². The number of nitrogens with one attached hydrogen (secondary N) is 1. The van der Waals surface area contributed by atoms with Gasteiger partial charge in [0.15, 0.2) is 11.4 Å². The van der Waals surface area contributed by atoms with Gasteiger partial charge in [0.25, 0.3) is 0 Å². The Morgan fingerprint density at radius 1 is 1.26 bits per heavy atom. The molecule has 4 heterocycles. The van der Waals surface area contributed by atoms with Crippen molar-refractivity contribution >= 4 is 16.6 Å². The molecule has 34 heavy (non-hydrogen) atoms. The second-order valence-electron chi connectivity index (χ2n) is 10.6. The minimum atomic E-state index is -0.668. The highest BCUT2D eigenvalue weighted by Crippen LogP contribution is 2.39. The number of hydrogen-bond donors (Lipinski definition) is 2. The minimum Gasteiger partial charge on any atom is -0.493 e. The third-order valence-corrected chi connectivity index (χ3v) is 6.88. The number of piperidine rings is 1. The van der Waals surface area contributed by atoms with Crippen LogP contribution in [0.4, 0.5) is 0 Å². The van der Waals surface area contributed by atoms with Crippen LogP contribution in [0, 0.1) is 0 Å². The molecule has 180 valence electrons. The van der Waals surface area contributed by atoms with E-state index in [1.54, 1.807) is 18.0 Å². The van der Waals surface area contributed by atoms with Crippen molar-refractivity contribution in [3.05, 3.63) is 47.9 Å². The van der Waals surface area contributed by atoms with E-state index in [4.69, 9.17) is 4.74 Å². The lowest BCUT2D eigenvalue weighted by molar-refractivity contribution is 0.0272. The van der Waals surface area contributed by atoms with Gasteiger partial charge in [-0.25, -0.2) is 9.50 Å². The predicted octanol–water partition coefficient (Wildman–Crippen LogP) is 4.96. The highest BCUT2D eigenvalue weighted by molar-refractivity contribution is 5.92. The molecule has 1 aliphatic rings. The molecule has 0 aliphatic carbocycles. The Balaban J connectivity index is 1.56. The normalized spacial score (nSPS) is 17.8. The van der Waals surface area contributed by atoms with Crippen molar-refractivity contribution in [1.82, 2.24) is 24.5 Å². The van der Waals surface area contributed by atoms with Crippen molar-refractivity contribution in [2.24, 2.45) is 0 Å². The van der Waals surface area contributed by atoms with Crippen LogP contribution in [-0.4, -0.2) is 61.9 Å². The highest BCUT2D eigenvalue weighted by Gasteiger charge is 2.26. The average molecular weight is 462 g/mol. The molecule has 2 N–H and O–H groups in total. The number of likely N-dealkylation sites (tertiary alicyclic amines) is 1. The van der Waals surface area contributed by atoms with Crippen LogP contribution in [0.3, 0.4) is 0 Å². The molecule has 0 saturated carbocycles. The van der Waals surface area contributed by atoms with Crippen LogP contribution in [-0.2, 0) is 0 Å². The molecule has 5 rings (SSSR count). The maximum absolute atomic E-state index is 10.3. The Labute approximate surface area is 200 Å². The Bertz CT molecular complexity index is 1310. The SMILES string of the molecule is COc1cc(-c2[nH]c3ccc(C4CCCN(CC(C)(C)O)C4)cc3c2C(C)C)cn2ncnc12. The number of aromatic amines is 1. The summed E-state index contributed by atoms with van der Waals surface area (Å²) >= 11 is 0. The van der Waals surface area contributed by atoms with E-state index in [0.29, 0.717) is 29.8 Å². The molecule has 7 heteroatoms. The number of β-amino-alcohol motifs (C(OH)–C–C–N with tert-alkyl or cyclic N) is 1. The molecule has 1 unspecified atom stereocenters. The number of hydrogen-bond acceptors (Lipinski definition) is 5. The van der Waals surface area contributed by atoms with Gasteiger partial charge < -0.3 is 14.8 Å². The summed E-state index contributed by atoms with van der Waals surface area (Å²) in [6, 6.07) is 8.91. The zero-order valence-corrected chi connectivity index (χ0v) is 20.8. The summed E-state index contributed by atoms with van der Waals surface area (Å²) in [4.78, 5) is 10.4. The van der Waals surface area contributed by atoms with Gasteiger partial charge >= 0.3 is 0 Å². The molecular weight excluding hydrogens is 426 g/mol. The highest BCUT2D eigenvalue weighted by atomic mass is 16.5. The Kier molecular flexibility index (Phi) is 5.86. The molecule has 1 fully saturated rings. The summed E-state index contributed by atoms with van der Waals surface area (Å²) in [5.41, 5.74) is 6.01. The molecule has 1 atom stereocenters. The number of methoxy groups -OCH3 is 1. The topological polar surface area (TPSA) is 78.7 Å². The van der Waals surface area contributed by atoms with Gasteiger partial charge in [0, 0.05) is 35.8 Å². The van der Waals surface area contributed by atoms with Crippen molar-refractivity contribution in [2.45, 2.75) is 58.0 Å². The van der Waals surface area contributed by atoms with Gasteiger partial charge in [-0.05, 0) is 74.4 Å². The van der Waals surface area contributed by atoms with Gasteiger partial charge in [-0.1, -0.05) is 19.9 Å². The first-order chi connectivity index (χ1) is 16.2. The van der Waals surface area contributed by atoms with E-state index in [9.17, 15) is 5.11 Å². The predicted molar refractivity (Wildman–Crippen MR) is 136 cm³/mol. The zero-order chi connectivity index (χ0) is 24.0. The fourth-order valence-electron chi connectivity index (χ4n) is 5.51. The molecule has 1 aromatic carbocycles. The summed E-state index contributed by atoms with van der Waals surface area (Å²) in [5.74, 6) is 1.53. The zero-order valence-electron chi connectivity index (χ0n) is 20.8. The number of ether oxygens (including phenoxy) is 1. The summed E-state index contributed by atoms with van der Waals surface area (Å²) in [6.45, 7) is 11.0. The first-order valence-corrected chi connectivity index (χ1v) is 12.2. The van der Waals surface area contributed by atoms with E-state index in [1.807, 2.05) is 26.1 Å². The van der Waals surface area contributed by atoms with E-state index < -0.39 is 5.60 Å². The van der Waals surface area contributed by atoms with E-state index in [1.165, 1.54) is 22.9 Å². The van der Waals surface area contributed by atoms with Gasteiger partial charge in [0.05, 0.1) is 18.4 Å². The third kappa shape index (κ3) is 4.30. The lowest BCUT2D eigenvalue weighted by atomic mass is 9.88. The quantitative estimate of drug-likeness (QED) is 0.424. The summed E-state index contributed by atoms with van der Waals surface area (Å²) < 4.78 is 7.38. The van der Waals surface area contributed by atoms with E-state index in [0.717, 1.165) is 36.3 Å². The third-order valence-electron chi connectivity index (χ3n) is 6.88. The van der Waals surface area contributed by atoms with Gasteiger partial charge in [0.2, 0.25) is 0 Å². The maximum atomic E-state index is 10.3. The molecule has 3 aromatic heterocycles. The van der Waals surface area contributed by atoms with Crippen molar-refractivity contribution < 1.29 is 9.84 Å². The van der Waals surface area contributed by atoms with Crippen LogP contribution in [0.15, 0.2) is 36.8 Å². The molecular formula is C27H35N5O2. The first-order valence-electron chi connectivity index (χ1n) is 12.2. The second kappa shape index (κ2) is 8.71. The fourth-order valence-corrected chi connectivity index (χ4v) is 5.51. The van der Waals surface area contributed by atoms with Crippen LogP contribution in [0.2, 0.25) is 0 Å². The lowest BCUT2D eigenvalue weighted by Gasteiger charge is -2.36. The second-order valence-corrected chi connectivity index (χ2v) is 10.6. The smallest absolute Gasteiger partial charge is 0.197 e. The number of nitrogens with zero attached hydrogens (tertiary/aromatic N) is 4. The number of aromatic nitrogens is 4. The summed E-state index contributed by atoms with van der Waals surface area (Å²) in [7, 11) is 1.67. The van der Waals surface area contributed by atoms with Crippen molar-refractivity contribution in [3.63, 3.8) is 0 Å². The van der Waals surface area contributed by atoms with Gasteiger partial charge in [-0.3, -0.25) is 4.90 Å². The molecule has 7 nitrogen and oxygen atoms in total. The van der Waals surface area contributed by atoms with Crippen LogP contribution in [0.5, 0.6) is 5.75 Å². The lowest BCUT2D eigenvalue weighted by Crippen LogP contribution is -2.43. The number of pyridine rings is 1. The minimum absolute atomic E-state index is 0.342. The van der Waals surface area contributed by atoms with Crippen LogP contribution in [0.1, 0.15) is 63.5 Å². The Morgan fingerprint density at radius 3 is 2.82 bits per heavy atom. The van der Waals surface area contributed by atoms with Crippen LogP contribution in [0.25, 0.3) is 27.8 Å². The average Bonchev–Trinajstić information content (AvgIpc) is 3.41. The first kappa shape index (κ1) is 22.9. The van der Waals surface area contributed by atoms with Crippen molar-refractivity contribution in [1.29, 1.82) is 0 Å². The van der Waals surface area contributed by atoms with Crippen LogP contribution >= 0.6 is 0 Å². The number of rotatable bonds is 6. The van der Waals surface area contributed by atoms with Crippen LogP contribution < -0.4 is 4.74 Å². The van der Waals surface area contributed by atoms with E-state index >= 15 is 0 Å². The molecule has 4 aromatic rings. The number of aliphatic hydroxyl groups is 1. The van der Waals surface area contributed by atoms with Gasteiger partial charge in [-0.2, -0.15) is 5.10 Å². The largest absolute Gasteiger partial charge is 0.493 e. The molecule has 0 bridgehead atoms. The van der Waals surface area contributed by atoms with E-state index in [2.05, 4.69) is 52.0 Å². The molecule has 0 amide bonds. The molecule has 0 radical (unpaired) electrons. The number of benzene rings is 1. The Hall–Kier alpha value is -2.90. The number of fused-ring (bicyclic) bond motifs is 2. The maximum Gasteiger partial charge on any atom is 0.197 e. The molecule has 1 aliphatic heterocycles.